The zero-order valence-corrected chi connectivity index (χ0v) is 17.1. The smallest absolute Gasteiger partial charge is 0.303 e. The van der Waals surface area contributed by atoms with Gasteiger partial charge in [0.15, 0.2) is 0 Å². The standard InChI is InChI=1S/C22H29NO4S/c1-16-6-5-7-17(12-16)10-11-28(26,27)23-21-15-18-13-19(20(21)14-18)8-3-2-4-9-22(24)25/h3,5-8,10-12,18-21,23H,2,4,9,13-15H2,1H3,(H,24,25)/b8-3+,11-10+. The highest BCUT2D eigenvalue weighted by molar-refractivity contribution is 7.92. The molecule has 4 unspecified atom stereocenters. The van der Waals surface area contributed by atoms with Gasteiger partial charge in [0.1, 0.15) is 0 Å². The maximum atomic E-state index is 12.5. The van der Waals surface area contributed by atoms with E-state index in [9.17, 15) is 13.2 Å². The summed E-state index contributed by atoms with van der Waals surface area (Å²) in [4.78, 5) is 10.6. The minimum absolute atomic E-state index is 0.0143. The van der Waals surface area contributed by atoms with Crippen LogP contribution in [0.25, 0.3) is 6.08 Å². The second-order valence-corrected chi connectivity index (χ2v) is 9.70. The fourth-order valence-electron chi connectivity index (χ4n) is 4.60. The lowest BCUT2D eigenvalue weighted by molar-refractivity contribution is -0.137. The van der Waals surface area contributed by atoms with Gasteiger partial charge in [0.05, 0.1) is 0 Å². The molecule has 3 rings (SSSR count). The Balaban J connectivity index is 1.55. The van der Waals surface area contributed by atoms with Gasteiger partial charge in [0, 0.05) is 17.9 Å². The van der Waals surface area contributed by atoms with Crippen molar-refractivity contribution in [3.63, 3.8) is 0 Å². The molecule has 2 aliphatic carbocycles. The topological polar surface area (TPSA) is 83.5 Å². The molecule has 2 bridgehead atoms. The first kappa shape index (κ1) is 20.8. The summed E-state index contributed by atoms with van der Waals surface area (Å²) in [7, 11) is -3.48. The third kappa shape index (κ3) is 5.79. The number of hydrogen-bond acceptors (Lipinski definition) is 3. The van der Waals surface area contributed by atoms with Gasteiger partial charge in [-0.1, -0.05) is 42.0 Å². The number of carboxylic acid groups (broad SMARTS) is 1. The number of carboxylic acids is 1. The Morgan fingerprint density at radius 2 is 2.11 bits per heavy atom. The van der Waals surface area contributed by atoms with E-state index in [0.29, 0.717) is 24.2 Å². The second kappa shape index (κ2) is 9.05. The summed E-state index contributed by atoms with van der Waals surface area (Å²) in [5, 5.41) is 9.96. The van der Waals surface area contributed by atoms with E-state index in [1.807, 2.05) is 31.2 Å². The molecule has 0 spiro atoms. The van der Waals surface area contributed by atoms with E-state index in [0.717, 1.165) is 36.8 Å². The maximum Gasteiger partial charge on any atom is 0.303 e. The molecule has 6 heteroatoms. The van der Waals surface area contributed by atoms with Gasteiger partial charge in [-0.25, -0.2) is 13.1 Å². The van der Waals surface area contributed by atoms with Crippen LogP contribution < -0.4 is 4.72 Å². The Bertz CT molecular complexity index is 859. The zero-order chi connectivity index (χ0) is 20.1. The molecule has 0 heterocycles. The molecular weight excluding hydrogens is 374 g/mol. The lowest BCUT2D eigenvalue weighted by Gasteiger charge is -2.27. The van der Waals surface area contributed by atoms with Crippen LogP contribution in [-0.2, 0) is 14.8 Å². The summed E-state index contributed by atoms with van der Waals surface area (Å²) >= 11 is 0. The van der Waals surface area contributed by atoms with Crippen LogP contribution >= 0.6 is 0 Å². The molecule has 2 aliphatic rings. The van der Waals surface area contributed by atoms with Gasteiger partial charge < -0.3 is 5.11 Å². The largest absolute Gasteiger partial charge is 0.481 e. The Morgan fingerprint density at radius 3 is 2.82 bits per heavy atom. The summed E-state index contributed by atoms with van der Waals surface area (Å²) in [5.74, 6) is 0.536. The fraction of sp³-hybridized carbons (Fsp3) is 0.500. The fourth-order valence-corrected chi connectivity index (χ4v) is 5.70. The van der Waals surface area contributed by atoms with Gasteiger partial charge in [-0.15, -0.1) is 0 Å². The van der Waals surface area contributed by atoms with E-state index >= 15 is 0 Å². The van der Waals surface area contributed by atoms with Gasteiger partial charge in [-0.2, -0.15) is 0 Å². The molecule has 0 radical (unpaired) electrons. The van der Waals surface area contributed by atoms with Crippen molar-refractivity contribution in [2.45, 2.75) is 51.5 Å². The van der Waals surface area contributed by atoms with E-state index in [4.69, 9.17) is 5.11 Å². The van der Waals surface area contributed by atoms with Crippen LogP contribution in [0.4, 0.5) is 0 Å². The SMILES string of the molecule is Cc1cccc(/C=C/S(=O)(=O)NC2CC3CC(/C=C/CCCC(=O)O)C2C3)c1. The Morgan fingerprint density at radius 1 is 1.29 bits per heavy atom. The molecule has 152 valence electrons. The third-order valence-electron chi connectivity index (χ3n) is 5.81. The van der Waals surface area contributed by atoms with Crippen LogP contribution in [0.2, 0.25) is 0 Å². The third-order valence-corrected chi connectivity index (χ3v) is 6.93. The second-order valence-electron chi connectivity index (χ2n) is 8.10. The number of benzene rings is 1. The number of unbranched alkanes of at least 4 members (excludes halogenated alkanes) is 1. The van der Waals surface area contributed by atoms with E-state index in [1.165, 1.54) is 5.41 Å². The van der Waals surface area contributed by atoms with Crippen molar-refractivity contribution in [3.05, 3.63) is 53.0 Å². The molecule has 2 saturated carbocycles. The molecule has 28 heavy (non-hydrogen) atoms. The molecular formula is C22H29NO4S. The predicted molar refractivity (Wildman–Crippen MR) is 111 cm³/mol. The van der Waals surface area contributed by atoms with Crippen LogP contribution in [0.15, 0.2) is 41.8 Å². The van der Waals surface area contributed by atoms with Crippen molar-refractivity contribution in [2.75, 3.05) is 0 Å². The monoisotopic (exact) mass is 403 g/mol. The van der Waals surface area contributed by atoms with Gasteiger partial charge in [-0.05, 0) is 68.4 Å². The highest BCUT2D eigenvalue weighted by atomic mass is 32.2. The number of nitrogens with one attached hydrogen (secondary N) is 1. The number of rotatable bonds is 9. The quantitative estimate of drug-likeness (QED) is 0.480. The van der Waals surface area contributed by atoms with Crippen LogP contribution in [0.5, 0.6) is 0 Å². The molecule has 2 fully saturated rings. The molecule has 0 aliphatic heterocycles. The van der Waals surface area contributed by atoms with Crippen LogP contribution in [0.3, 0.4) is 0 Å². The molecule has 1 aromatic carbocycles. The lowest BCUT2D eigenvalue weighted by atomic mass is 9.85. The van der Waals surface area contributed by atoms with Crippen molar-refractivity contribution in [1.29, 1.82) is 0 Å². The average molecular weight is 404 g/mol. The minimum Gasteiger partial charge on any atom is -0.481 e. The van der Waals surface area contributed by atoms with Crippen molar-refractivity contribution in [2.24, 2.45) is 17.8 Å². The maximum absolute atomic E-state index is 12.5. The Labute approximate surface area is 167 Å². The van der Waals surface area contributed by atoms with E-state index in [2.05, 4.69) is 16.9 Å². The van der Waals surface area contributed by atoms with E-state index < -0.39 is 16.0 Å². The van der Waals surface area contributed by atoms with Crippen molar-refractivity contribution >= 4 is 22.1 Å². The van der Waals surface area contributed by atoms with Gasteiger partial charge in [-0.3, -0.25) is 4.79 Å². The number of hydrogen-bond donors (Lipinski definition) is 2. The van der Waals surface area contributed by atoms with Crippen molar-refractivity contribution in [1.82, 2.24) is 4.72 Å². The number of fused-ring (bicyclic) bond motifs is 2. The summed E-state index contributed by atoms with van der Waals surface area (Å²) in [6.45, 7) is 1.98. The van der Waals surface area contributed by atoms with Crippen molar-refractivity contribution < 1.29 is 18.3 Å². The average Bonchev–Trinajstić information content (AvgIpc) is 3.19. The highest BCUT2D eigenvalue weighted by Gasteiger charge is 2.46. The Kier molecular flexibility index (Phi) is 6.73. The normalized spacial score (nSPS) is 27.2. The first-order valence-corrected chi connectivity index (χ1v) is 11.5. The summed E-state index contributed by atoms with van der Waals surface area (Å²) in [6.07, 6.45) is 10.6. The predicted octanol–water partition coefficient (Wildman–Crippen LogP) is 4.11. The first-order chi connectivity index (χ1) is 13.3. The first-order valence-electron chi connectivity index (χ1n) is 9.98. The van der Waals surface area contributed by atoms with Gasteiger partial charge in [0.25, 0.3) is 0 Å². The van der Waals surface area contributed by atoms with Gasteiger partial charge in [0.2, 0.25) is 10.0 Å². The molecule has 1 aromatic rings. The molecule has 2 N–H and O–H groups in total. The molecule has 0 saturated heterocycles. The Hall–Kier alpha value is -1.92. The lowest BCUT2D eigenvalue weighted by Crippen LogP contribution is -2.40. The molecule has 0 aromatic heterocycles. The van der Waals surface area contributed by atoms with E-state index in [-0.39, 0.29) is 12.5 Å². The van der Waals surface area contributed by atoms with Crippen LogP contribution in [0.1, 0.15) is 49.7 Å². The van der Waals surface area contributed by atoms with Crippen LogP contribution in [-0.4, -0.2) is 25.5 Å². The molecule has 5 nitrogen and oxygen atoms in total. The minimum atomic E-state index is -3.48. The van der Waals surface area contributed by atoms with Crippen molar-refractivity contribution in [3.8, 4) is 0 Å². The number of allylic oxidation sites excluding steroid dienone is 2. The molecule has 0 amide bonds. The number of aliphatic carboxylic acids is 1. The summed E-state index contributed by atoms with van der Waals surface area (Å²) < 4.78 is 27.9. The molecule has 4 atom stereocenters. The number of aryl methyl sites for hydroxylation is 1. The summed E-state index contributed by atoms with van der Waals surface area (Å²) in [6, 6.07) is 7.73. The van der Waals surface area contributed by atoms with E-state index in [1.54, 1.807) is 6.08 Å². The number of carbonyl (C=O) groups is 1. The highest BCUT2D eigenvalue weighted by Crippen LogP contribution is 2.49. The van der Waals surface area contributed by atoms with Gasteiger partial charge >= 0.3 is 5.97 Å². The van der Waals surface area contributed by atoms with Crippen LogP contribution in [0, 0.1) is 24.7 Å². The zero-order valence-electron chi connectivity index (χ0n) is 16.3. The summed E-state index contributed by atoms with van der Waals surface area (Å²) in [5.41, 5.74) is 1.97. The number of sulfonamides is 1.